The van der Waals surface area contributed by atoms with E-state index in [1.165, 1.54) is 12.1 Å². The molecule has 0 radical (unpaired) electrons. The van der Waals surface area contributed by atoms with Crippen LogP contribution >= 0.6 is 24.0 Å². The van der Waals surface area contributed by atoms with Crippen molar-refractivity contribution < 1.29 is 13.9 Å². The summed E-state index contributed by atoms with van der Waals surface area (Å²) in [4.78, 5) is 6.38. The van der Waals surface area contributed by atoms with Gasteiger partial charge >= 0.3 is 0 Å². The van der Waals surface area contributed by atoms with E-state index in [-0.39, 0.29) is 42.0 Å². The third-order valence-corrected chi connectivity index (χ3v) is 3.73. The lowest BCUT2D eigenvalue weighted by Crippen LogP contribution is -2.45. The van der Waals surface area contributed by atoms with Gasteiger partial charge in [-0.15, -0.1) is 24.0 Å². The second-order valence-corrected chi connectivity index (χ2v) is 6.39. The molecule has 0 bridgehead atoms. The molecule has 0 aliphatic heterocycles. The summed E-state index contributed by atoms with van der Waals surface area (Å²) >= 11 is 0. The first-order valence-electron chi connectivity index (χ1n) is 9.07. The molecule has 1 rings (SSSR count). The molecule has 0 aromatic heterocycles. The minimum Gasteiger partial charge on any atom is -0.489 e. The number of guanidine groups is 1. The van der Waals surface area contributed by atoms with E-state index >= 15 is 0 Å². The zero-order valence-electron chi connectivity index (χ0n) is 17.0. The van der Waals surface area contributed by atoms with Gasteiger partial charge in [-0.3, -0.25) is 4.99 Å². The Hall–Kier alpha value is -1.13. The second kappa shape index (κ2) is 14.9. The van der Waals surface area contributed by atoms with Crippen LogP contribution in [0.15, 0.2) is 29.3 Å². The molecule has 8 heteroatoms. The molecule has 2 atom stereocenters. The molecule has 0 heterocycles. The lowest BCUT2D eigenvalue weighted by molar-refractivity contribution is 0.0548. The third-order valence-electron chi connectivity index (χ3n) is 3.73. The minimum atomic E-state index is -0.272. The zero-order chi connectivity index (χ0) is 19.4. The fourth-order valence-electron chi connectivity index (χ4n) is 2.34. The predicted molar refractivity (Wildman–Crippen MR) is 120 cm³/mol. The van der Waals surface area contributed by atoms with Crippen LogP contribution in [-0.2, 0) is 4.74 Å². The third kappa shape index (κ3) is 12.0. The lowest BCUT2D eigenvalue weighted by atomic mass is 10.2. The monoisotopic (exact) mass is 496 g/mol. The van der Waals surface area contributed by atoms with E-state index in [1.807, 2.05) is 13.8 Å². The van der Waals surface area contributed by atoms with Crippen LogP contribution in [0.5, 0.6) is 5.75 Å². The van der Waals surface area contributed by atoms with Crippen LogP contribution in [0, 0.1) is 5.82 Å². The van der Waals surface area contributed by atoms with Crippen molar-refractivity contribution in [2.75, 3.05) is 47.4 Å². The van der Waals surface area contributed by atoms with Gasteiger partial charge in [-0.25, -0.2) is 4.39 Å². The molecule has 1 aromatic carbocycles. The van der Waals surface area contributed by atoms with Crippen molar-refractivity contribution in [1.29, 1.82) is 0 Å². The first-order chi connectivity index (χ1) is 12.4. The van der Waals surface area contributed by atoms with Crippen molar-refractivity contribution in [3.8, 4) is 5.75 Å². The summed E-state index contributed by atoms with van der Waals surface area (Å²) in [5.74, 6) is 1.07. The molecule has 0 aliphatic carbocycles. The van der Waals surface area contributed by atoms with Gasteiger partial charge in [-0.2, -0.15) is 0 Å². The topological polar surface area (TPSA) is 58.1 Å². The maximum Gasteiger partial charge on any atom is 0.191 e. The van der Waals surface area contributed by atoms with Gasteiger partial charge in [0.1, 0.15) is 17.7 Å². The van der Waals surface area contributed by atoms with Crippen molar-refractivity contribution in [3.05, 3.63) is 30.1 Å². The molecule has 0 saturated carbocycles. The number of ether oxygens (including phenoxy) is 2. The zero-order valence-corrected chi connectivity index (χ0v) is 19.3. The summed E-state index contributed by atoms with van der Waals surface area (Å²) in [6.45, 7) is 6.88. The molecule has 0 spiro atoms. The molecule has 0 saturated heterocycles. The molecule has 6 nitrogen and oxygen atoms in total. The van der Waals surface area contributed by atoms with Crippen LogP contribution in [0.1, 0.15) is 20.3 Å². The maximum atomic E-state index is 12.9. The quantitative estimate of drug-likeness (QED) is 0.281. The van der Waals surface area contributed by atoms with Crippen molar-refractivity contribution >= 4 is 29.9 Å². The Kier molecular flexibility index (Phi) is 14.2. The number of nitrogens with one attached hydrogen (secondary N) is 2. The van der Waals surface area contributed by atoms with Crippen molar-refractivity contribution in [2.24, 2.45) is 4.99 Å². The number of benzene rings is 1. The van der Waals surface area contributed by atoms with Gasteiger partial charge in [0.2, 0.25) is 0 Å². The number of rotatable bonds is 11. The Morgan fingerprint density at radius 3 is 2.37 bits per heavy atom. The highest BCUT2D eigenvalue weighted by molar-refractivity contribution is 14.0. The van der Waals surface area contributed by atoms with Gasteiger partial charge in [0, 0.05) is 26.7 Å². The number of hydrogen-bond donors (Lipinski definition) is 2. The highest BCUT2D eigenvalue weighted by Gasteiger charge is 2.11. The molecular formula is C19H34FIN4O2. The first-order valence-corrected chi connectivity index (χ1v) is 9.07. The Balaban J connectivity index is 0.00000676. The molecule has 27 heavy (non-hydrogen) atoms. The van der Waals surface area contributed by atoms with E-state index in [4.69, 9.17) is 9.47 Å². The number of nitrogens with zero attached hydrogens (tertiary/aromatic N) is 2. The maximum absolute atomic E-state index is 12.9. The summed E-state index contributed by atoms with van der Waals surface area (Å²) in [6, 6.07) is 6.02. The SMILES string of the molecule is CCOC(CCN(C)C)CNC(=NC)NCC(C)Oc1ccc(F)cc1.I. The molecule has 0 fully saturated rings. The predicted octanol–water partition coefficient (Wildman–Crippen LogP) is 2.73. The van der Waals surface area contributed by atoms with E-state index in [2.05, 4.69) is 34.6 Å². The van der Waals surface area contributed by atoms with E-state index < -0.39 is 0 Å². The largest absolute Gasteiger partial charge is 0.489 e. The highest BCUT2D eigenvalue weighted by atomic mass is 127. The summed E-state index contributed by atoms with van der Waals surface area (Å²) in [7, 11) is 5.84. The smallest absolute Gasteiger partial charge is 0.191 e. The summed E-state index contributed by atoms with van der Waals surface area (Å²) in [5, 5.41) is 6.53. The Morgan fingerprint density at radius 1 is 1.19 bits per heavy atom. The van der Waals surface area contributed by atoms with Gasteiger partial charge < -0.3 is 25.0 Å². The van der Waals surface area contributed by atoms with Crippen LogP contribution in [0.3, 0.4) is 0 Å². The molecule has 156 valence electrons. The van der Waals surface area contributed by atoms with Crippen LogP contribution in [0.4, 0.5) is 4.39 Å². The minimum absolute atomic E-state index is 0. The highest BCUT2D eigenvalue weighted by Crippen LogP contribution is 2.12. The van der Waals surface area contributed by atoms with E-state index in [0.717, 1.165) is 13.0 Å². The number of halogens is 2. The van der Waals surface area contributed by atoms with Crippen molar-refractivity contribution in [3.63, 3.8) is 0 Å². The van der Waals surface area contributed by atoms with E-state index in [1.54, 1.807) is 19.2 Å². The lowest BCUT2D eigenvalue weighted by Gasteiger charge is -2.22. The number of aliphatic imine (C=N–C) groups is 1. The van der Waals surface area contributed by atoms with Gasteiger partial charge in [-0.05, 0) is 58.6 Å². The van der Waals surface area contributed by atoms with Gasteiger partial charge in [0.15, 0.2) is 5.96 Å². The van der Waals surface area contributed by atoms with Crippen molar-refractivity contribution in [1.82, 2.24) is 15.5 Å². The Bertz CT molecular complexity index is 529. The van der Waals surface area contributed by atoms with Crippen LogP contribution in [0.25, 0.3) is 0 Å². The second-order valence-electron chi connectivity index (χ2n) is 6.39. The fraction of sp³-hybridized carbons (Fsp3) is 0.632. The average molecular weight is 496 g/mol. The van der Waals surface area contributed by atoms with Crippen LogP contribution < -0.4 is 15.4 Å². The molecular weight excluding hydrogens is 462 g/mol. The van der Waals surface area contributed by atoms with E-state index in [9.17, 15) is 4.39 Å². The summed E-state index contributed by atoms with van der Waals surface area (Å²) in [5.41, 5.74) is 0. The van der Waals surface area contributed by atoms with Gasteiger partial charge in [0.05, 0.1) is 12.6 Å². The normalized spacial score (nSPS) is 13.7. The van der Waals surface area contributed by atoms with Crippen LogP contribution in [0.2, 0.25) is 0 Å². The Morgan fingerprint density at radius 2 is 1.81 bits per heavy atom. The van der Waals surface area contributed by atoms with Crippen LogP contribution in [-0.4, -0.2) is 70.5 Å². The molecule has 0 amide bonds. The summed E-state index contributed by atoms with van der Waals surface area (Å²) < 4.78 is 24.4. The first kappa shape index (κ1) is 25.9. The average Bonchev–Trinajstić information content (AvgIpc) is 2.61. The van der Waals surface area contributed by atoms with Crippen molar-refractivity contribution in [2.45, 2.75) is 32.5 Å². The molecule has 2 unspecified atom stereocenters. The number of hydrogen-bond acceptors (Lipinski definition) is 4. The molecule has 0 aliphatic rings. The van der Waals surface area contributed by atoms with Gasteiger partial charge in [0.25, 0.3) is 0 Å². The molecule has 1 aromatic rings. The van der Waals surface area contributed by atoms with E-state index in [0.29, 0.717) is 31.4 Å². The standard InChI is InChI=1S/C19H33FN4O2.HI/c1-6-25-18(11-12-24(4)5)14-23-19(21-3)22-13-15(2)26-17-9-7-16(20)8-10-17;/h7-10,15,18H,6,11-14H2,1-5H3,(H2,21,22,23);1H. The summed E-state index contributed by atoms with van der Waals surface area (Å²) in [6.07, 6.45) is 0.999. The molecule has 2 N–H and O–H groups in total. The fourth-order valence-corrected chi connectivity index (χ4v) is 2.34. The Labute approximate surface area is 179 Å². The van der Waals surface area contributed by atoms with Gasteiger partial charge in [-0.1, -0.05) is 0 Å².